The fraction of sp³-hybridized carbons (Fsp3) is 0.385. The normalized spacial score (nSPS) is 17.9. The van der Waals surface area contributed by atoms with E-state index < -0.39 is 5.97 Å². The minimum atomic E-state index is -0.440. The first-order chi connectivity index (χ1) is 9.11. The van der Waals surface area contributed by atoms with E-state index in [1.165, 1.54) is 0 Å². The van der Waals surface area contributed by atoms with Gasteiger partial charge in [-0.25, -0.2) is 4.79 Å². The van der Waals surface area contributed by atoms with Crippen LogP contribution in [0.1, 0.15) is 23.7 Å². The first-order valence-electron chi connectivity index (χ1n) is 6.20. The van der Waals surface area contributed by atoms with Crippen molar-refractivity contribution in [1.29, 1.82) is 0 Å². The Labute approximate surface area is 111 Å². The maximum atomic E-state index is 11.7. The molecule has 6 heteroatoms. The highest BCUT2D eigenvalue weighted by atomic mass is 16.5. The van der Waals surface area contributed by atoms with Crippen LogP contribution >= 0.6 is 0 Å². The van der Waals surface area contributed by atoms with E-state index in [2.05, 4.69) is 10.6 Å². The van der Waals surface area contributed by atoms with Gasteiger partial charge in [0.25, 0.3) is 0 Å². The summed E-state index contributed by atoms with van der Waals surface area (Å²) in [5.41, 5.74) is 7.29. The number of nitrogen functional groups attached to an aromatic ring is 1. The van der Waals surface area contributed by atoms with E-state index in [1.54, 1.807) is 25.1 Å². The van der Waals surface area contributed by atoms with Crippen LogP contribution < -0.4 is 16.4 Å². The lowest BCUT2D eigenvalue weighted by molar-refractivity contribution is -0.119. The minimum absolute atomic E-state index is 0.00718. The number of nitrogens with two attached hydrogens (primary N) is 1. The number of benzene rings is 1. The molecule has 0 aliphatic carbocycles. The van der Waals surface area contributed by atoms with Crippen molar-refractivity contribution < 1.29 is 14.3 Å². The molecule has 0 aromatic heterocycles. The van der Waals surface area contributed by atoms with Gasteiger partial charge in [-0.3, -0.25) is 4.79 Å². The number of para-hydroxylation sites is 1. The van der Waals surface area contributed by atoms with Crippen LogP contribution in [-0.4, -0.2) is 31.1 Å². The average Bonchev–Trinajstić information content (AvgIpc) is 2.78. The number of rotatable bonds is 4. The number of amides is 1. The van der Waals surface area contributed by atoms with Crippen LogP contribution in [0.4, 0.5) is 11.4 Å². The molecule has 1 fully saturated rings. The third-order valence-electron chi connectivity index (χ3n) is 2.94. The molecule has 0 saturated carbocycles. The molecule has 1 atom stereocenters. The fourth-order valence-electron chi connectivity index (χ4n) is 2.01. The molecule has 102 valence electrons. The van der Waals surface area contributed by atoms with Gasteiger partial charge in [-0.1, -0.05) is 6.07 Å². The summed E-state index contributed by atoms with van der Waals surface area (Å²) in [7, 11) is 0. The fourth-order valence-corrected chi connectivity index (χ4v) is 2.01. The van der Waals surface area contributed by atoms with Gasteiger partial charge in [-0.2, -0.15) is 0 Å². The molecule has 6 nitrogen and oxygen atoms in total. The summed E-state index contributed by atoms with van der Waals surface area (Å²) >= 11 is 0. The van der Waals surface area contributed by atoms with E-state index in [9.17, 15) is 9.59 Å². The molecule has 4 N–H and O–H groups in total. The summed E-state index contributed by atoms with van der Waals surface area (Å²) in [4.78, 5) is 22.8. The predicted octanol–water partition coefficient (Wildman–Crippen LogP) is 0.746. The van der Waals surface area contributed by atoms with E-state index in [4.69, 9.17) is 10.5 Å². The predicted molar refractivity (Wildman–Crippen MR) is 71.8 cm³/mol. The van der Waals surface area contributed by atoms with Gasteiger partial charge in [0.2, 0.25) is 5.91 Å². The van der Waals surface area contributed by atoms with Crippen LogP contribution in [0.2, 0.25) is 0 Å². The monoisotopic (exact) mass is 263 g/mol. The topological polar surface area (TPSA) is 93.5 Å². The Morgan fingerprint density at radius 2 is 2.37 bits per heavy atom. The summed E-state index contributed by atoms with van der Waals surface area (Å²) in [5.74, 6) is -0.429. The zero-order valence-electron chi connectivity index (χ0n) is 10.7. The summed E-state index contributed by atoms with van der Waals surface area (Å²) in [5, 5.41) is 5.89. The maximum absolute atomic E-state index is 11.7. The van der Waals surface area contributed by atoms with Gasteiger partial charge in [0.15, 0.2) is 0 Å². The van der Waals surface area contributed by atoms with Crippen LogP contribution in [0, 0.1) is 0 Å². The van der Waals surface area contributed by atoms with Crippen molar-refractivity contribution in [3.63, 3.8) is 0 Å². The number of carbonyl (C=O) groups excluding carboxylic acids is 2. The summed E-state index contributed by atoms with van der Waals surface area (Å²) < 4.78 is 4.94. The second-order valence-corrected chi connectivity index (χ2v) is 4.34. The molecule has 0 spiro atoms. The van der Waals surface area contributed by atoms with E-state index in [1.807, 2.05) is 0 Å². The van der Waals surface area contributed by atoms with Gasteiger partial charge >= 0.3 is 5.97 Å². The van der Waals surface area contributed by atoms with Crippen molar-refractivity contribution in [2.24, 2.45) is 0 Å². The third-order valence-corrected chi connectivity index (χ3v) is 2.94. The van der Waals surface area contributed by atoms with Crippen molar-refractivity contribution in [2.75, 3.05) is 24.2 Å². The van der Waals surface area contributed by atoms with Crippen molar-refractivity contribution in [3.8, 4) is 0 Å². The third kappa shape index (κ3) is 2.96. The van der Waals surface area contributed by atoms with Gasteiger partial charge < -0.3 is 21.1 Å². The highest BCUT2D eigenvalue weighted by molar-refractivity contribution is 5.98. The first-order valence-corrected chi connectivity index (χ1v) is 6.20. The quantitative estimate of drug-likeness (QED) is 0.550. The molecule has 1 aromatic rings. The van der Waals surface area contributed by atoms with Gasteiger partial charge in [0.05, 0.1) is 29.6 Å². The molecule has 0 radical (unpaired) electrons. The Hall–Kier alpha value is -2.24. The standard InChI is InChI=1S/C13H17N3O3/c1-2-19-13(18)9-4-3-5-10(12(9)14)16-8-6-11(17)15-7-8/h3-5,8,16H,2,6-7,14H2,1H3,(H,15,17). The molecule has 19 heavy (non-hydrogen) atoms. The van der Waals surface area contributed by atoms with Crippen LogP contribution in [-0.2, 0) is 9.53 Å². The maximum Gasteiger partial charge on any atom is 0.340 e. The summed E-state index contributed by atoms with van der Waals surface area (Å²) in [6, 6.07) is 5.12. The van der Waals surface area contributed by atoms with Crippen molar-refractivity contribution in [3.05, 3.63) is 23.8 Å². The lowest BCUT2D eigenvalue weighted by Crippen LogP contribution is -2.23. The van der Waals surface area contributed by atoms with Gasteiger partial charge in [-0.05, 0) is 19.1 Å². The lowest BCUT2D eigenvalue weighted by Gasteiger charge is -2.15. The van der Waals surface area contributed by atoms with Crippen molar-refractivity contribution in [1.82, 2.24) is 5.32 Å². The second kappa shape index (κ2) is 5.60. The Balaban J connectivity index is 2.15. The van der Waals surface area contributed by atoms with Gasteiger partial charge in [0, 0.05) is 13.0 Å². The Bertz CT molecular complexity index is 502. The number of anilines is 2. The second-order valence-electron chi connectivity index (χ2n) is 4.34. The van der Waals surface area contributed by atoms with Crippen molar-refractivity contribution in [2.45, 2.75) is 19.4 Å². The smallest absolute Gasteiger partial charge is 0.340 e. The van der Waals surface area contributed by atoms with Crippen LogP contribution in [0.15, 0.2) is 18.2 Å². The van der Waals surface area contributed by atoms with Crippen LogP contribution in [0.25, 0.3) is 0 Å². The van der Waals surface area contributed by atoms with Crippen molar-refractivity contribution >= 4 is 23.3 Å². The zero-order chi connectivity index (χ0) is 13.8. The molecule has 1 aliphatic heterocycles. The van der Waals surface area contributed by atoms with Crippen LogP contribution in [0.5, 0.6) is 0 Å². The highest BCUT2D eigenvalue weighted by Crippen LogP contribution is 2.25. The zero-order valence-corrected chi connectivity index (χ0v) is 10.7. The number of ether oxygens (including phenoxy) is 1. The van der Waals surface area contributed by atoms with Gasteiger partial charge in [-0.15, -0.1) is 0 Å². The Morgan fingerprint density at radius 1 is 1.58 bits per heavy atom. The SMILES string of the molecule is CCOC(=O)c1cccc(NC2CNC(=O)C2)c1N. The Morgan fingerprint density at radius 3 is 3.00 bits per heavy atom. The number of hydrogen-bond acceptors (Lipinski definition) is 5. The van der Waals surface area contributed by atoms with E-state index in [-0.39, 0.29) is 11.9 Å². The molecule has 1 heterocycles. The summed E-state index contributed by atoms with van der Waals surface area (Å²) in [6.07, 6.45) is 0.406. The van der Waals surface area contributed by atoms with E-state index in [0.717, 1.165) is 0 Å². The molecular weight excluding hydrogens is 246 g/mol. The largest absolute Gasteiger partial charge is 0.462 e. The molecule has 1 aromatic carbocycles. The molecule has 1 aliphatic rings. The molecule has 1 amide bonds. The summed E-state index contributed by atoms with van der Waals surface area (Å²) in [6.45, 7) is 2.60. The van der Waals surface area contributed by atoms with E-state index in [0.29, 0.717) is 36.5 Å². The molecule has 1 saturated heterocycles. The number of carbonyl (C=O) groups is 2. The first kappa shape index (κ1) is 13.2. The van der Waals surface area contributed by atoms with Crippen LogP contribution in [0.3, 0.4) is 0 Å². The molecule has 0 bridgehead atoms. The molecule has 2 rings (SSSR count). The average molecular weight is 263 g/mol. The highest BCUT2D eigenvalue weighted by Gasteiger charge is 2.22. The Kier molecular flexibility index (Phi) is 3.89. The number of esters is 1. The minimum Gasteiger partial charge on any atom is -0.462 e. The number of nitrogens with one attached hydrogen (secondary N) is 2. The lowest BCUT2D eigenvalue weighted by atomic mass is 10.1. The van der Waals surface area contributed by atoms with Gasteiger partial charge in [0.1, 0.15) is 0 Å². The van der Waals surface area contributed by atoms with E-state index >= 15 is 0 Å². The number of hydrogen-bond donors (Lipinski definition) is 3. The molecule has 1 unspecified atom stereocenters. The molecular formula is C13H17N3O3.